The summed E-state index contributed by atoms with van der Waals surface area (Å²) in [5, 5.41) is 0. The monoisotopic (exact) mass is 364 g/mol. The molecule has 1 atom stereocenters. The SMILES string of the molecule is O=S(=O)(CCc1ccccc1)NCC(c1ccco1)N1CCOCC1. The van der Waals surface area contributed by atoms with E-state index in [2.05, 4.69) is 9.62 Å². The molecular formula is C18H24N2O4S. The highest BCUT2D eigenvalue weighted by atomic mass is 32.2. The van der Waals surface area contributed by atoms with E-state index in [9.17, 15) is 8.42 Å². The lowest BCUT2D eigenvalue weighted by molar-refractivity contribution is 0.0128. The zero-order chi connectivity index (χ0) is 17.5. The molecule has 2 heterocycles. The fourth-order valence-electron chi connectivity index (χ4n) is 2.95. The molecule has 1 fully saturated rings. The molecule has 1 unspecified atom stereocenters. The second-order valence-electron chi connectivity index (χ2n) is 6.08. The first kappa shape index (κ1) is 18.1. The van der Waals surface area contributed by atoms with Crippen LogP contribution >= 0.6 is 0 Å². The van der Waals surface area contributed by atoms with Crippen molar-refractivity contribution in [1.29, 1.82) is 0 Å². The molecule has 1 aliphatic heterocycles. The first-order valence-corrected chi connectivity index (χ1v) is 10.2. The molecule has 1 saturated heterocycles. The van der Waals surface area contributed by atoms with Crippen LogP contribution in [0.5, 0.6) is 0 Å². The fraction of sp³-hybridized carbons (Fsp3) is 0.444. The van der Waals surface area contributed by atoms with Gasteiger partial charge in [-0.05, 0) is 24.1 Å². The summed E-state index contributed by atoms with van der Waals surface area (Å²) in [6.45, 7) is 3.12. The van der Waals surface area contributed by atoms with Crippen LogP contribution in [-0.4, -0.2) is 51.9 Å². The van der Waals surface area contributed by atoms with Crippen molar-refractivity contribution in [2.75, 3.05) is 38.6 Å². The lowest BCUT2D eigenvalue weighted by Gasteiger charge is -2.33. The third kappa shape index (κ3) is 5.40. The molecule has 3 rings (SSSR count). The highest BCUT2D eigenvalue weighted by Gasteiger charge is 2.26. The maximum absolute atomic E-state index is 12.4. The van der Waals surface area contributed by atoms with E-state index in [0.717, 1.165) is 24.4 Å². The molecule has 0 radical (unpaired) electrons. The minimum Gasteiger partial charge on any atom is -0.468 e. The van der Waals surface area contributed by atoms with Crippen LogP contribution in [0.4, 0.5) is 0 Å². The molecule has 1 aromatic carbocycles. The Morgan fingerprint density at radius 1 is 1.08 bits per heavy atom. The average Bonchev–Trinajstić information content (AvgIpc) is 3.16. The minimum atomic E-state index is -3.35. The van der Waals surface area contributed by atoms with Crippen LogP contribution < -0.4 is 4.72 Å². The molecule has 0 bridgehead atoms. The number of hydrogen-bond donors (Lipinski definition) is 1. The van der Waals surface area contributed by atoms with E-state index >= 15 is 0 Å². The number of nitrogens with zero attached hydrogens (tertiary/aromatic N) is 1. The molecule has 7 heteroatoms. The molecule has 1 aliphatic rings. The predicted octanol–water partition coefficient (Wildman–Crippen LogP) is 1.81. The van der Waals surface area contributed by atoms with E-state index in [4.69, 9.17) is 9.15 Å². The van der Waals surface area contributed by atoms with Crippen LogP contribution in [0.2, 0.25) is 0 Å². The van der Waals surface area contributed by atoms with E-state index < -0.39 is 10.0 Å². The molecule has 0 aliphatic carbocycles. The van der Waals surface area contributed by atoms with Gasteiger partial charge in [0.05, 0.1) is 31.3 Å². The Morgan fingerprint density at radius 3 is 2.52 bits per heavy atom. The zero-order valence-corrected chi connectivity index (χ0v) is 15.0. The molecule has 1 N–H and O–H groups in total. The Balaban J connectivity index is 1.59. The normalized spacial score (nSPS) is 17.4. The van der Waals surface area contributed by atoms with Gasteiger partial charge in [0.2, 0.25) is 10.0 Å². The minimum absolute atomic E-state index is 0.0744. The molecule has 2 aromatic rings. The van der Waals surface area contributed by atoms with Gasteiger partial charge in [-0.3, -0.25) is 4.90 Å². The third-order valence-electron chi connectivity index (χ3n) is 4.36. The van der Waals surface area contributed by atoms with Gasteiger partial charge in [0.25, 0.3) is 0 Å². The quantitative estimate of drug-likeness (QED) is 0.774. The van der Waals surface area contributed by atoms with Crippen molar-refractivity contribution in [1.82, 2.24) is 9.62 Å². The molecule has 136 valence electrons. The Kier molecular flexibility index (Phi) is 6.25. The molecule has 6 nitrogen and oxygen atoms in total. The Morgan fingerprint density at radius 2 is 1.84 bits per heavy atom. The fourth-order valence-corrected chi connectivity index (χ4v) is 4.02. The van der Waals surface area contributed by atoms with Crippen molar-refractivity contribution in [3.8, 4) is 0 Å². The molecular weight excluding hydrogens is 340 g/mol. The van der Waals surface area contributed by atoms with Gasteiger partial charge in [0, 0.05) is 19.6 Å². The van der Waals surface area contributed by atoms with Gasteiger partial charge in [-0.25, -0.2) is 13.1 Å². The third-order valence-corrected chi connectivity index (χ3v) is 5.71. The lowest BCUT2D eigenvalue weighted by atomic mass is 10.2. The number of rotatable bonds is 8. The summed E-state index contributed by atoms with van der Waals surface area (Å²) < 4.78 is 38.4. The summed E-state index contributed by atoms with van der Waals surface area (Å²) in [6, 6.07) is 13.2. The van der Waals surface area contributed by atoms with Crippen LogP contribution in [0.3, 0.4) is 0 Å². The van der Waals surface area contributed by atoms with Gasteiger partial charge in [-0.1, -0.05) is 30.3 Å². The molecule has 0 amide bonds. The molecule has 0 saturated carbocycles. The van der Waals surface area contributed by atoms with Gasteiger partial charge in [0.1, 0.15) is 5.76 Å². The number of benzene rings is 1. The standard InChI is InChI=1S/C18H24N2O4S/c21-25(22,14-8-16-5-2-1-3-6-16)19-15-17(18-7-4-11-24-18)20-9-12-23-13-10-20/h1-7,11,17,19H,8-10,12-15H2. The molecule has 1 aromatic heterocycles. The van der Waals surface area contributed by atoms with Crippen molar-refractivity contribution >= 4 is 10.0 Å². The number of aryl methyl sites for hydroxylation is 1. The highest BCUT2D eigenvalue weighted by molar-refractivity contribution is 7.89. The largest absolute Gasteiger partial charge is 0.468 e. The summed E-state index contributed by atoms with van der Waals surface area (Å²) in [7, 11) is -3.35. The van der Waals surface area contributed by atoms with E-state index in [1.54, 1.807) is 6.26 Å². The summed E-state index contributed by atoms with van der Waals surface area (Å²) >= 11 is 0. The van der Waals surface area contributed by atoms with Crippen molar-refractivity contribution in [3.63, 3.8) is 0 Å². The number of morpholine rings is 1. The number of hydrogen-bond acceptors (Lipinski definition) is 5. The number of sulfonamides is 1. The van der Waals surface area contributed by atoms with Crippen LogP contribution in [0.15, 0.2) is 53.1 Å². The van der Waals surface area contributed by atoms with Gasteiger partial charge >= 0.3 is 0 Å². The molecule has 0 spiro atoms. The van der Waals surface area contributed by atoms with Gasteiger partial charge in [0.15, 0.2) is 0 Å². The maximum Gasteiger partial charge on any atom is 0.211 e. The lowest BCUT2D eigenvalue weighted by Crippen LogP contribution is -2.44. The van der Waals surface area contributed by atoms with Gasteiger partial charge < -0.3 is 9.15 Å². The maximum atomic E-state index is 12.4. The van der Waals surface area contributed by atoms with Crippen molar-refractivity contribution in [3.05, 3.63) is 60.1 Å². The number of furan rings is 1. The van der Waals surface area contributed by atoms with Crippen LogP contribution in [0, 0.1) is 0 Å². The second kappa shape index (κ2) is 8.62. The first-order chi connectivity index (χ1) is 12.1. The van der Waals surface area contributed by atoms with Crippen LogP contribution in [0.25, 0.3) is 0 Å². The number of ether oxygens (including phenoxy) is 1. The number of nitrogens with one attached hydrogen (secondary N) is 1. The van der Waals surface area contributed by atoms with E-state index in [-0.39, 0.29) is 11.8 Å². The Bertz CT molecular complexity index is 726. The topological polar surface area (TPSA) is 71.8 Å². The van der Waals surface area contributed by atoms with Gasteiger partial charge in [-0.2, -0.15) is 0 Å². The Labute approximate surface area is 148 Å². The van der Waals surface area contributed by atoms with E-state index in [1.165, 1.54) is 0 Å². The highest BCUT2D eigenvalue weighted by Crippen LogP contribution is 2.22. The smallest absolute Gasteiger partial charge is 0.211 e. The van der Waals surface area contributed by atoms with Crippen molar-refractivity contribution in [2.45, 2.75) is 12.5 Å². The summed E-state index contributed by atoms with van der Waals surface area (Å²) in [5.74, 6) is 0.845. The van der Waals surface area contributed by atoms with Crippen molar-refractivity contribution in [2.24, 2.45) is 0 Å². The van der Waals surface area contributed by atoms with E-state index in [0.29, 0.717) is 26.2 Å². The first-order valence-electron chi connectivity index (χ1n) is 8.50. The van der Waals surface area contributed by atoms with Crippen LogP contribution in [-0.2, 0) is 21.2 Å². The summed E-state index contributed by atoms with van der Waals surface area (Å²) in [5.41, 5.74) is 1.02. The van der Waals surface area contributed by atoms with E-state index in [1.807, 2.05) is 42.5 Å². The second-order valence-corrected chi connectivity index (χ2v) is 8.01. The zero-order valence-electron chi connectivity index (χ0n) is 14.1. The predicted molar refractivity (Wildman–Crippen MR) is 95.8 cm³/mol. The summed E-state index contributed by atoms with van der Waals surface area (Å²) in [6.07, 6.45) is 2.12. The summed E-state index contributed by atoms with van der Waals surface area (Å²) in [4.78, 5) is 2.20. The van der Waals surface area contributed by atoms with Gasteiger partial charge in [-0.15, -0.1) is 0 Å². The average molecular weight is 364 g/mol. The van der Waals surface area contributed by atoms with Crippen LogP contribution in [0.1, 0.15) is 17.4 Å². The molecule has 25 heavy (non-hydrogen) atoms. The van der Waals surface area contributed by atoms with Crippen molar-refractivity contribution < 1.29 is 17.6 Å². The Hall–Kier alpha value is -1.67.